The van der Waals surface area contributed by atoms with Gasteiger partial charge in [-0.15, -0.1) is 0 Å². The van der Waals surface area contributed by atoms with E-state index in [-0.39, 0.29) is 6.04 Å². The fourth-order valence-electron chi connectivity index (χ4n) is 3.14. The van der Waals surface area contributed by atoms with Crippen LogP contribution in [0.3, 0.4) is 0 Å². The summed E-state index contributed by atoms with van der Waals surface area (Å²) in [4.78, 5) is 23.8. The van der Waals surface area contributed by atoms with Crippen molar-refractivity contribution in [1.29, 1.82) is 0 Å². The Bertz CT molecular complexity index is 954. The number of hydrogen-bond donors (Lipinski definition) is 2. The molecule has 1 fully saturated rings. The molecule has 1 saturated carbocycles. The third kappa shape index (κ3) is 2.52. The highest BCUT2D eigenvalue weighted by molar-refractivity contribution is 6.39. The first-order chi connectivity index (χ1) is 11.7. The normalized spacial score (nSPS) is 14.0. The topological polar surface area (TPSA) is 63.1 Å². The Kier molecular flexibility index (Phi) is 3.49. The van der Waals surface area contributed by atoms with E-state index in [0.717, 1.165) is 35.7 Å². The van der Waals surface area contributed by atoms with Crippen molar-refractivity contribution < 1.29 is 9.59 Å². The molecule has 0 radical (unpaired) electrons. The van der Waals surface area contributed by atoms with Gasteiger partial charge in [0.1, 0.15) is 0 Å². The third-order valence-corrected chi connectivity index (χ3v) is 4.47. The first-order valence-electron chi connectivity index (χ1n) is 8.30. The number of aromatic nitrogens is 1. The summed E-state index contributed by atoms with van der Waals surface area (Å²) in [5.41, 5.74) is 2.93. The second kappa shape index (κ2) is 5.67. The van der Waals surface area contributed by atoms with Gasteiger partial charge in [-0.25, -0.2) is 0 Å². The quantitative estimate of drug-likeness (QED) is 0.728. The van der Waals surface area contributed by atoms with E-state index in [0.29, 0.717) is 5.69 Å². The molecule has 0 bridgehead atoms. The lowest BCUT2D eigenvalue weighted by atomic mass is 10.1. The summed E-state index contributed by atoms with van der Waals surface area (Å²) in [6.07, 6.45) is 1.92. The number of nitrogens with one attached hydrogen (secondary N) is 2. The number of anilines is 1. The SMILES string of the molecule is CCn1c2ccccc2c2cc(NC(=O)C(=O)NC3CC3)ccc21. The largest absolute Gasteiger partial charge is 0.345 e. The highest BCUT2D eigenvalue weighted by Crippen LogP contribution is 2.30. The molecular weight excluding hydrogens is 302 g/mol. The molecule has 0 spiro atoms. The number of hydrogen-bond acceptors (Lipinski definition) is 2. The summed E-state index contributed by atoms with van der Waals surface area (Å²) in [6.45, 7) is 2.99. The highest BCUT2D eigenvalue weighted by Gasteiger charge is 2.26. The van der Waals surface area contributed by atoms with Gasteiger partial charge in [0.15, 0.2) is 0 Å². The van der Waals surface area contributed by atoms with Crippen molar-refractivity contribution in [2.45, 2.75) is 32.4 Å². The number of fused-ring (bicyclic) bond motifs is 3. The van der Waals surface area contributed by atoms with E-state index in [4.69, 9.17) is 0 Å². The fourth-order valence-corrected chi connectivity index (χ4v) is 3.14. The lowest BCUT2D eigenvalue weighted by molar-refractivity contribution is -0.136. The number of benzene rings is 2. The maximum atomic E-state index is 12.0. The number of rotatable bonds is 3. The van der Waals surface area contributed by atoms with Crippen molar-refractivity contribution in [3.8, 4) is 0 Å². The molecule has 24 heavy (non-hydrogen) atoms. The van der Waals surface area contributed by atoms with Crippen LogP contribution in [-0.2, 0) is 16.1 Å². The lowest BCUT2D eigenvalue weighted by Gasteiger charge is -2.07. The summed E-state index contributed by atoms with van der Waals surface area (Å²) in [7, 11) is 0. The fraction of sp³-hybridized carbons (Fsp3) is 0.263. The number of nitrogens with zero attached hydrogens (tertiary/aromatic N) is 1. The molecule has 3 aromatic rings. The summed E-state index contributed by atoms with van der Waals surface area (Å²) in [5, 5.41) is 7.62. The van der Waals surface area contributed by atoms with E-state index in [1.54, 1.807) is 0 Å². The van der Waals surface area contributed by atoms with Gasteiger partial charge >= 0.3 is 11.8 Å². The molecule has 0 aliphatic heterocycles. The molecule has 2 N–H and O–H groups in total. The van der Waals surface area contributed by atoms with Crippen LogP contribution < -0.4 is 10.6 Å². The van der Waals surface area contributed by atoms with Gasteiger partial charge in [-0.2, -0.15) is 0 Å². The molecule has 2 amide bonds. The van der Waals surface area contributed by atoms with Gasteiger partial charge in [-0.3, -0.25) is 9.59 Å². The molecule has 1 aliphatic carbocycles. The van der Waals surface area contributed by atoms with Crippen molar-refractivity contribution in [3.63, 3.8) is 0 Å². The summed E-state index contributed by atoms with van der Waals surface area (Å²) < 4.78 is 2.25. The minimum Gasteiger partial charge on any atom is -0.345 e. The molecule has 0 saturated heterocycles. The Morgan fingerprint density at radius 2 is 1.79 bits per heavy atom. The number of carbonyl (C=O) groups is 2. The van der Waals surface area contributed by atoms with E-state index >= 15 is 0 Å². The zero-order valence-corrected chi connectivity index (χ0v) is 13.5. The highest BCUT2D eigenvalue weighted by atomic mass is 16.2. The van der Waals surface area contributed by atoms with Crippen molar-refractivity contribution in [2.75, 3.05) is 5.32 Å². The first-order valence-corrected chi connectivity index (χ1v) is 8.30. The Morgan fingerprint density at radius 3 is 2.54 bits per heavy atom. The molecule has 1 heterocycles. The predicted molar refractivity (Wildman–Crippen MR) is 94.9 cm³/mol. The van der Waals surface area contributed by atoms with Gasteiger partial charge in [-0.1, -0.05) is 18.2 Å². The summed E-state index contributed by atoms with van der Waals surface area (Å²) >= 11 is 0. The van der Waals surface area contributed by atoms with Crippen LogP contribution in [0.5, 0.6) is 0 Å². The minimum atomic E-state index is -0.611. The van der Waals surface area contributed by atoms with Crippen molar-refractivity contribution in [3.05, 3.63) is 42.5 Å². The number of para-hydroxylation sites is 1. The molecule has 4 rings (SSSR count). The van der Waals surface area contributed by atoms with Crippen LogP contribution in [0, 0.1) is 0 Å². The molecule has 0 unspecified atom stereocenters. The monoisotopic (exact) mass is 321 g/mol. The maximum Gasteiger partial charge on any atom is 0.313 e. The molecule has 2 aromatic carbocycles. The van der Waals surface area contributed by atoms with E-state index in [1.807, 2.05) is 30.3 Å². The molecular formula is C19H19N3O2. The van der Waals surface area contributed by atoms with Gasteiger partial charge in [0, 0.05) is 40.1 Å². The third-order valence-electron chi connectivity index (χ3n) is 4.47. The smallest absolute Gasteiger partial charge is 0.313 e. The lowest BCUT2D eigenvalue weighted by Crippen LogP contribution is -2.36. The van der Waals surface area contributed by atoms with Crippen LogP contribution in [0.1, 0.15) is 19.8 Å². The maximum absolute atomic E-state index is 12.0. The van der Waals surface area contributed by atoms with Crippen LogP contribution in [-0.4, -0.2) is 22.4 Å². The number of aryl methyl sites for hydroxylation is 1. The van der Waals surface area contributed by atoms with Gasteiger partial charge in [0.05, 0.1) is 0 Å². The Labute approximate surface area is 139 Å². The van der Waals surface area contributed by atoms with Crippen molar-refractivity contribution in [2.24, 2.45) is 0 Å². The van der Waals surface area contributed by atoms with E-state index in [9.17, 15) is 9.59 Å². The molecule has 1 aliphatic rings. The van der Waals surface area contributed by atoms with Gasteiger partial charge < -0.3 is 15.2 Å². The van der Waals surface area contributed by atoms with Crippen LogP contribution in [0.25, 0.3) is 21.8 Å². The van der Waals surface area contributed by atoms with Crippen molar-refractivity contribution in [1.82, 2.24) is 9.88 Å². The standard InChI is InChI=1S/C19H19N3O2/c1-2-22-16-6-4-3-5-14(16)15-11-13(9-10-17(15)22)21-19(24)18(23)20-12-7-8-12/h3-6,9-12H,2,7-8H2,1H3,(H,20,23)(H,21,24). The van der Waals surface area contributed by atoms with E-state index in [2.05, 4.69) is 34.3 Å². The predicted octanol–water partition coefficient (Wildman–Crippen LogP) is 3.03. The second-order valence-electron chi connectivity index (χ2n) is 6.20. The van der Waals surface area contributed by atoms with Gasteiger partial charge in [0.2, 0.25) is 0 Å². The van der Waals surface area contributed by atoms with Crippen LogP contribution in [0.2, 0.25) is 0 Å². The van der Waals surface area contributed by atoms with E-state index in [1.165, 1.54) is 5.52 Å². The Hall–Kier alpha value is -2.82. The van der Waals surface area contributed by atoms with Crippen LogP contribution >= 0.6 is 0 Å². The van der Waals surface area contributed by atoms with Gasteiger partial charge in [0.25, 0.3) is 0 Å². The minimum absolute atomic E-state index is 0.174. The summed E-state index contributed by atoms with van der Waals surface area (Å²) in [5.74, 6) is -1.17. The average molecular weight is 321 g/mol. The Balaban J connectivity index is 1.68. The molecule has 122 valence electrons. The summed E-state index contributed by atoms with van der Waals surface area (Å²) in [6, 6.07) is 14.2. The Morgan fingerprint density at radius 1 is 1.04 bits per heavy atom. The van der Waals surface area contributed by atoms with Crippen molar-refractivity contribution >= 4 is 39.3 Å². The van der Waals surface area contributed by atoms with Crippen LogP contribution in [0.4, 0.5) is 5.69 Å². The molecule has 1 aromatic heterocycles. The molecule has 5 nitrogen and oxygen atoms in total. The van der Waals surface area contributed by atoms with Crippen LogP contribution in [0.15, 0.2) is 42.5 Å². The number of carbonyl (C=O) groups excluding carboxylic acids is 2. The second-order valence-corrected chi connectivity index (χ2v) is 6.20. The molecule has 5 heteroatoms. The molecule has 0 atom stereocenters. The van der Waals surface area contributed by atoms with Gasteiger partial charge in [-0.05, 0) is 44.0 Å². The number of amides is 2. The zero-order valence-electron chi connectivity index (χ0n) is 13.5. The zero-order chi connectivity index (χ0) is 16.7. The first kappa shape index (κ1) is 14.8. The average Bonchev–Trinajstić information content (AvgIpc) is 3.35. The van der Waals surface area contributed by atoms with E-state index < -0.39 is 11.8 Å².